The first kappa shape index (κ1) is 17.8. The molecule has 0 saturated heterocycles. The molecule has 0 aliphatic carbocycles. The van der Waals surface area contributed by atoms with Crippen molar-refractivity contribution >= 4 is 44.7 Å². The lowest BCUT2D eigenvalue weighted by Crippen LogP contribution is -2.15. The van der Waals surface area contributed by atoms with Gasteiger partial charge in [-0.05, 0) is 30.3 Å². The van der Waals surface area contributed by atoms with E-state index in [0.717, 1.165) is 33.1 Å². The fourth-order valence-electron chi connectivity index (χ4n) is 3.72. The minimum Gasteiger partial charge on any atom is -0.325 e. The van der Waals surface area contributed by atoms with Crippen LogP contribution in [0.15, 0.2) is 72.8 Å². The molecule has 0 fully saturated rings. The molecule has 144 valence electrons. The summed E-state index contributed by atoms with van der Waals surface area (Å²) in [5.74, 6) is -0.155. The molecule has 5 rings (SSSR count). The van der Waals surface area contributed by atoms with E-state index >= 15 is 0 Å². The number of anilines is 1. The number of rotatable bonds is 4. The van der Waals surface area contributed by atoms with Crippen LogP contribution < -0.4 is 5.32 Å². The lowest BCUT2D eigenvalue weighted by Gasteiger charge is -2.09. The number of amides is 1. The molecular formula is C24H17N5O. The lowest BCUT2D eigenvalue weighted by atomic mass is 10.2. The maximum Gasteiger partial charge on any atom is 0.226 e. The van der Waals surface area contributed by atoms with E-state index in [-0.39, 0.29) is 12.3 Å². The lowest BCUT2D eigenvalue weighted by molar-refractivity contribution is -0.116. The molecule has 2 aromatic heterocycles. The Hall–Kier alpha value is -4.24. The molecule has 2 heterocycles. The van der Waals surface area contributed by atoms with E-state index in [1.54, 1.807) is 24.3 Å². The third kappa shape index (κ3) is 3.03. The Labute approximate surface area is 172 Å². The number of para-hydroxylation sites is 4. The van der Waals surface area contributed by atoms with E-state index < -0.39 is 0 Å². The number of carbonyl (C=O) groups is 1. The minimum atomic E-state index is -0.155. The summed E-state index contributed by atoms with van der Waals surface area (Å²) in [5.41, 5.74) is 5.23. The average molecular weight is 391 g/mol. The predicted molar refractivity (Wildman–Crippen MR) is 117 cm³/mol. The molecule has 3 aromatic carbocycles. The smallest absolute Gasteiger partial charge is 0.226 e. The number of nitrogens with one attached hydrogen (secondary N) is 1. The Balaban J connectivity index is 1.51. The summed E-state index contributed by atoms with van der Waals surface area (Å²) in [6.45, 7) is 0.456. The maximum atomic E-state index is 12.6. The number of aromatic nitrogens is 3. The number of aryl methyl sites for hydroxylation is 1. The monoisotopic (exact) mass is 391 g/mol. The van der Waals surface area contributed by atoms with Gasteiger partial charge in [0.15, 0.2) is 5.65 Å². The Morgan fingerprint density at radius 3 is 2.47 bits per heavy atom. The zero-order valence-electron chi connectivity index (χ0n) is 16.0. The van der Waals surface area contributed by atoms with Gasteiger partial charge in [0.1, 0.15) is 11.6 Å². The Morgan fingerprint density at radius 2 is 1.63 bits per heavy atom. The average Bonchev–Trinajstić information content (AvgIpc) is 3.09. The molecule has 0 bridgehead atoms. The molecule has 1 N–H and O–H groups in total. The molecule has 30 heavy (non-hydrogen) atoms. The first-order chi connectivity index (χ1) is 14.7. The van der Waals surface area contributed by atoms with E-state index in [2.05, 4.69) is 11.4 Å². The van der Waals surface area contributed by atoms with Gasteiger partial charge in [0, 0.05) is 18.4 Å². The molecule has 0 unspecified atom stereocenters. The molecule has 0 aliphatic rings. The van der Waals surface area contributed by atoms with Crippen molar-refractivity contribution in [1.82, 2.24) is 14.5 Å². The summed E-state index contributed by atoms with van der Waals surface area (Å²) in [6, 6.07) is 24.9. The topological polar surface area (TPSA) is 83.6 Å². The second-order valence-electron chi connectivity index (χ2n) is 7.01. The summed E-state index contributed by atoms with van der Waals surface area (Å²) >= 11 is 0. The van der Waals surface area contributed by atoms with E-state index in [1.165, 1.54) is 0 Å². The molecule has 0 atom stereocenters. The van der Waals surface area contributed by atoms with Crippen LogP contribution in [-0.2, 0) is 11.3 Å². The van der Waals surface area contributed by atoms with Crippen LogP contribution in [0.1, 0.15) is 12.0 Å². The molecule has 1 amide bonds. The number of fused-ring (bicyclic) bond motifs is 4. The summed E-state index contributed by atoms with van der Waals surface area (Å²) in [4.78, 5) is 22.2. The zero-order valence-corrected chi connectivity index (χ0v) is 16.0. The highest BCUT2D eigenvalue weighted by molar-refractivity contribution is 6.06. The fourth-order valence-corrected chi connectivity index (χ4v) is 3.72. The van der Waals surface area contributed by atoms with Crippen LogP contribution >= 0.6 is 0 Å². The number of hydrogen-bond donors (Lipinski definition) is 1. The highest BCUT2D eigenvalue weighted by Crippen LogP contribution is 2.28. The normalized spacial score (nSPS) is 11.0. The van der Waals surface area contributed by atoms with Crippen LogP contribution in [0, 0.1) is 11.3 Å². The quantitative estimate of drug-likeness (QED) is 0.484. The predicted octanol–water partition coefficient (Wildman–Crippen LogP) is 4.64. The molecule has 6 heteroatoms. The van der Waals surface area contributed by atoms with Crippen LogP contribution in [-0.4, -0.2) is 20.4 Å². The first-order valence-electron chi connectivity index (χ1n) is 9.67. The number of hydrogen-bond acceptors (Lipinski definition) is 4. The van der Waals surface area contributed by atoms with Gasteiger partial charge >= 0.3 is 0 Å². The van der Waals surface area contributed by atoms with Crippen molar-refractivity contribution < 1.29 is 4.79 Å². The van der Waals surface area contributed by atoms with Crippen molar-refractivity contribution in [3.63, 3.8) is 0 Å². The van der Waals surface area contributed by atoms with E-state index in [0.29, 0.717) is 17.8 Å². The van der Waals surface area contributed by atoms with Crippen molar-refractivity contribution in [1.29, 1.82) is 5.26 Å². The van der Waals surface area contributed by atoms with E-state index in [9.17, 15) is 10.1 Å². The largest absolute Gasteiger partial charge is 0.325 e. The summed E-state index contributed by atoms with van der Waals surface area (Å²) < 4.78 is 2.04. The SMILES string of the molecule is N#Cc1ccccc1NC(=O)CCn1c2ccccc2c2nc3ccccc3nc21. The van der Waals surface area contributed by atoms with Crippen molar-refractivity contribution in [3.8, 4) is 6.07 Å². The standard InChI is InChI=1S/C24H17N5O/c25-15-16-7-1-3-9-18(16)26-22(30)13-14-29-21-12-6-2-8-17(21)23-24(29)28-20-11-5-4-10-19(20)27-23/h1-12H,13-14H2,(H,26,30). The zero-order chi connectivity index (χ0) is 20.5. The third-order valence-corrected chi connectivity index (χ3v) is 5.14. The Kier molecular flexibility index (Phi) is 4.34. The molecule has 0 saturated carbocycles. The van der Waals surface area contributed by atoms with Gasteiger partial charge in [-0.15, -0.1) is 0 Å². The van der Waals surface area contributed by atoms with Gasteiger partial charge in [-0.25, -0.2) is 9.97 Å². The third-order valence-electron chi connectivity index (χ3n) is 5.14. The first-order valence-corrected chi connectivity index (χ1v) is 9.67. The highest BCUT2D eigenvalue weighted by Gasteiger charge is 2.15. The number of benzene rings is 3. The molecule has 0 radical (unpaired) electrons. The highest BCUT2D eigenvalue weighted by atomic mass is 16.1. The van der Waals surface area contributed by atoms with Crippen molar-refractivity contribution in [2.45, 2.75) is 13.0 Å². The molecule has 0 aliphatic heterocycles. The van der Waals surface area contributed by atoms with E-state index in [1.807, 2.05) is 53.1 Å². The molecule has 6 nitrogen and oxygen atoms in total. The van der Waals surface area contributed by atoms with Crippen LogP contribution in [0.4, 0.5) is 5.69 Å². The van der Waals surface area contributed by atoms with Crippen molar-refractivity contribution in [3.05, 3.63) is 78.4 Å². The minimum absolute atomic E-state index is 0.155. The van der Waals surface area contributed by atoms with Crippen LogP contribution in [0.3, 0.4) is 0 Å². The van der Waals surface area contributed by atoms with Crippen molar-refractivity contribution in [2.75, 3.05) is 5.32 Å². The Bertz CT molecular complexity index is 1460. The summed E-state index contributed by atoms with van der Waals surface area (Å²) in [7, 11) is 0. The van der Waals surface area contributed by atoms with Gasteiger partial charge in [-0.3, -0.25) is 4.79 Å². The molecule has 0 spiro atoms. The number of carbonyl (C=O) groups excluding carboxylic acids is 1. The summed E-state index contributed by atoms with van der Waals surface area (Å²) in [6.07, 6.45) is 0.252. The van der Waals surface area contributed by atoms with Gasteiger partial charge in [0.2, 0.25) is 5.91 Å². The van der Waals surface area contributed by atoms with Crippen molar-refractivity contribution in [2.24, 2.45) is 0 Å². The second kappa shape index (κ2) is 7.30. The summed E-state index contributed by atoms with van der Waals surface area (Å²) in [5, 5.41) is 13.1. The van der Waals surface area contributed by atoms with Crippen LogP contribution in [0.5, 0.6) is 0 Å². The molecule has 5 aromatic rings. The van der Waals surface area contributed by atoms with Gasteiger partial charge in [-0.1, -0.05) is 42.5 Å². The number of nitriles is 1. The van der Waals surface area contributed by atoms with Gasteiger partial charge in [0.05, 0.1) is 27.8 Å². The van der Waals surface area contributed by atoms with E-state index in [4.69, 9.17) is 9.97 Å². The van der Waals surface area contributed by atoms with Gasteiger partial charge in [-0.2, -0.15) is 5.26 Å². The molecular weight excluding hydrogens is 374 g/mol. The Morgan fingerprint density at radius 1 is 0.933 bits per heavy atom. The van der Waals surface area contributed by atoms with Crippen LogP contribution in [0.2, 0.25) is 0 Å². The maximum absolute atomic E-state index is 12.6. The van der Waals surface area contributed by atoms with Gasteiger partial charge < -0.3 is 9.88 Å². The van der Waals surface area contributed by atoms with Crippen LogP contribution in [0.25, 0.3) is 33.1 Å². The fraction of sp³-hybridized carbons (Fsp3) is 0.0833. The number of nitrogens with zero attached hydrogens (tertiary/aromatic N) is 4. The second-order valence-corrected chi connectivity index (χ2v) is 7.01. The van der Waals surface area contributed by atoms with Gasteiger partial charge in [0.25, 0.3) is 0 Å².